The highest BCUT2D eigenvalue weighted by Gasteiger charge is 2.27. The molecule has 0 saturated heterocycles. The van der Waals surface area contributed by atoms with E-state index in [9.17, 15) is 19.6 Å². The van der Waals surface area contributed by atoms with Gasteiger partial charge in [-0.1, -0.05) is 6.07 Å². The molecule has 1 unspecified atom stereocenters. The van der Waals surface area contributed by atoms with E-state index in [2.05, 4.69) is 32.7 Å². The normalized spacial score (nSPS) is 11.9. The van der Waals surface area contributed by atoms with E-state index in [1.54, 1.807) is 53.2 Å². The van der Waals surface area contributed by atoms with Crippen molar-refractivity contribution in [2.24, 2.45) is 0 Å². The number of carbonyl (C=O) groups is 1. The van der Waals surface area contributed by atoms with Crippen molar-refractivity contribution < 1.29 is 14.3 Å². The highest BCUT2D eigenvalue weighted by atomic mass is 19.1. The van der Waals surface area contributed by atoms with Gasteiger partial charge in [-0.2, -0.15) is 10.5 Å². The van der Waals surface area contributed by atoms with E-state index >= 15 is 0 Å². The first kappa shape index (κ1) is 24.3. The zero-order chi connectivity index (χ0) is 25.9. The Labute approximate surface area is 206 Å². The van der Waals surface area contributed by atoms with Crippen LogP contribution in [0.2, 0.25) is 0 Å². The van der Waals surface area contributed by atoms with Gasteiger partial charge in [-0.3, -0.25) is 9.36 Å². The SMILES string of the molecule is CC(C)(O)C(F)CNC(=O)c1cnc(-n2ccc3cc(C#N)cnc32)cc1Nc1cccc(C#N)c1. The molecule has 0 aliphatic carbocycles. The number of pyridine rings is 2. The van der Waals surface area contributed by atoms with Crippen molar-refractivity contribution in [3.8, 4) is 18.0 Å². The Hall–Kier alpha value is -4.80. The summed E-state index contributed by atoms with van der Waals surface area (Å²) in [5, 5.41) is 34.6. The minimum atomic E-state index is -1.67. The second-order valence-corrected chi connectivity index (χ2v) is 8.67. The topological polar surface area (TPSA) is 140 Å². The number of alkyl halides is 1. The van der Waals surface area contributed by atoms with Crippen LogP contribution in [0.5, 0.6) is 0 Å². The maximum Gasteiger partial charge on any atom is 0.255 e. The number of hydrogen-bond donors (Lipinski definition) is 3. The molecule has 0 saturated carbocycles. The number of nitrogens with one attached hydrogen (secondary N) is 2. The molecule has 10 heteroatoms. The van der Waals surface area contributed by atoms with Crippen molar-refractivity contribution in [3.63, 3.8) is 0 Å². The van der Waals surface area contributed by atoms with Crippen molar-refractivity contribution in [1.29, 1.82) is 10.5 Å². The molecule has 3 heterocycles. The lowest BCUT2D eigenvalue weighted by atomic mass is 10.0. The summed E-state index contributed by atoms with van der Waals surface area (Å²) in [5.41, 5.74) is 0.886. The van der Waals surface area contributed by atoms with Gasteiger partial charge in [-0.05, 0) is 44.2 Å². The predicted molar refractivity (Wildman–Crippen MR) is 132 cm³/mol. The van der Waals surface area contributed by atoms with Gasteiger partial charge in [-0.25, -0.2) is 14.4 Å². The van der Waals surface area contributed by atoms with Crippen molar-refractivity contribution >= 4 is 28.3 Å². The van der Waals surface area contributed by atoms with Crippen LogP contribution in [-0.2, 0) is 0 Å². The number of fused-ring (bicyclic) bond motifs is 1. The lowest BCUT2D eigenvalue weighted by Gasteiger charge is -2.22. The summed E-state index contributed by atoms with van der Waals surface area (Å²) in [7, 11) is 0. The van der Waals surface area contributed by atoms with Gasteiger partial charge in [0.05, 0.1) is 40.6 Å². The Balaban J connectivity index is 1.73. The Morgan fingerprint density at radius 3 is 2.64 bits per heavy atom. The van der Waals surface area contributed by atoms with Gasteiger partial charge in [0.15, 0.2) is 0 Å². The number of anilines is 2. The third-order valence-electron chi connectivity index (χ3n) is 5.52. The molecule has 4 rings (SSSR count). The molecule has 0 radical (unpaired) electrons. The standard InChI is InChI=1S/C26H22FN7O2/c1-26(2,36)22(27)15-32-25(35)20-14-30-23(10-21(20)33-19-5-3-4-16(9-19)11-28)34-7-6-18-8-17(12-29)13-31-24(18)34/h3-10,13-14,22,36H,15H2,1-2H3,(H,30,33)(H,32,35). The largest absolute Gasteiger partial charge is 0.387 e. The average Bonchev–Trinajstić information content (AvgIpc) is 3.29. The Morgan fingerprint density at radius 2 is 1.92 bits per heavy atom. The molecule has 0 aliphatic rings. The number of carbonyl (C=O) groups excluding carboxylic acids is 1. The van der Waals surface area contributed by atoms with E-state index in [-0.39, 0.29) is 12.1 Å². The number of amides is 1. The third kappa shape index (κ3) is 5.14. The molecule has 180 valence electrons. The van der Waals surface area contributed by atoms with Gasteiger partial charge >= 0.3 is 0 Å². The second kappa shape index (κ2) is 9.82. The van der Waals surface area contributed by atoms with Crippen LogP contribution in [-0.4, -0.2) is 43.9 Å². The first-order valence-corrected chi connectivity index (χ1v) is 11.0. The fraction of sp³-hybridized carbons (Fsp3) is 0.192. The number of benzene rings is 1. The van der Waals surface area contributed by atoms with E-state index in [0.717, 1.165) is 5.39 Å². The predicted octanol–water partition coefficient (Wildman–Crippen LogP) is 3.75. The summed E-state index contributed by atoms with van der Waals surface area (Å²) in [6, 6.07) is 16.0. The summed E-state index contributed by atoms with van der Waals surface area (Å²) in [4.78, 5) is 21.7. The van der Waals surface area contributed by atoms with Gasteiger partial charge < -0.3 is 15.7 Å². The fourth-order valence-corrected chi connectivity index (χ4v) is 3.48. The van der Waals surface area contributed by atoms with Gasteiger partial charge in [0.25, 0.3) is 5.91 Å². The molecule has 0 fully saturated rings. The molecular weight excluding hydrogens is 461 g/mol. The number of halogens is 1. The van der Waals surface area contributed by atoms with E-state index in [0.29, 0.717) is 34.0 Å². The number of rotatable bonds is 7. The summed E-state index contributed by atoms with van der Waals surface area (Å²) >= 11 is 0. The minimum absolute atomic E-state index is 0.139. The molecule has 4 aromatic rings. The summed E-state index contributed by atoms with van der Waals surface area (Å²) in [6.07, 6.45) is 2.89. The Kier molecular flexibility index (Phi) is 6.64. The third-order valence-corrected chi connectivity index (χ3v) is 5.52. The molecule has 1 atom stereocenters. The molecule has 1 aromatic carbocycles. The number of nitrogens with zero attached hydrogens (tertiary/aromatic N) is 5. The van der Waals surface area contributed by atoms with Crippen LogP contribution < -0.4 is 10.6 Å². The van der Waals surface area contributed by atoms with E-state index < -0.39 is 17.7 Å². The maximum absolute atomic E-state index is 14.2. The molecule has 36 heavy (non-hydrogen) atoms. The molecule has 3 aromatic heterocycles. The maximum atomic E-state index is 14.2. The van der Waals surface area contributed by atoms with Crippen molar-refractivity contribution in [2.45, 2.75) is 25.6 Å². The van der Waals surface area contributed by atoms with Crippen LogP contribution in [0, 0.1) is 22.7 Å². The summed E-state index contributed by atoms with van der Waals surface area (Å²) in [5.74, 6) is -0.147. The highest BCUT2D eigenvalue weighted by Crippen LogP contribution is 2.26. The fourth-order valence-electron chi connectivity index (χ4n) is 3.48. The van der Waals surface area contributed by atoms with Crippen molar-refractivity contribution in [1.82, 2.24) is 19.9 Å². The number of hydrogen-bond acceptors (Lipinski definition) is 7. The van der Waals surface area contributed by atoms with E-state index in [4.69, 9.17) is 5.26 Å². The minimum Gasteiger partial charge on any atom is -0.387 e. The van der Waals surface area contributed by atoms with Gasteiger partial charge in [0.2, 0.25) is 0 Å². The lowest BCUT2D eigenvalue weighted by Crippen LogP contribution is -2.42. The van der Waals surface area contributed by atoms with Crippen LogP contribution in [0.4, 0.5) is 15.8 Å². The molecule has 0 spiro atoms. The second-order valence-electron chi connectivity index (χ2n) is 8.67. The zero-order valence-electron chi connectivity index (χ0n) is 19.5. The molecule has 1 amide bonds. The lowest BCUT2D eigenvalue weighted by molar-refractivity contribution is -0.00177. The molecule has 0 bridgehead atoms. The highest BCUT2D eigenvalue weighted by molar-refractivity contribution is 6.00. The Bertz CT molecular complexity index is 1530. The molecular formula is C26H22FN7O2. The van der Waals surface area contributed by atoms with Gasteiger partial charge in [-0.15, -0.1) is 0 Å². The molecule has 0 aliphatic heterocycles. The first-order valence-electron chi connectivity index (χ1n) is 11.0. The van der Waals surface area contributed by atoms with Crippen LogP contribution >= 0.6 is 0 Å². The number of aliphatic hydroxyl groups is 1. The van der Waals surface area contributed by atoms with Crippen LogP contribution in [0.15, 0.2) is 61.1 Å². The average molecular weight is 484 g/mol. The molecule has 3 N–H and O–H groups in total. The van der Waals surface area contributed by atoms with Gasteiger partial charge in [0.1, 0.15) is 23.7 Å². The molecule has 9 nitrogen and oxygen atoms in total. The summed E-state index contributed by atoms with van der Waals surface area (Å²) < 4.78 is 15.9. The van der Waals surface area contributed by atoms with Crippen LogP contribution in [0.25, 0.3) is 16.9 Å². The van der Waals surface area contributed by atoms with Crippen molar-refractivity contribution in [2.75, 3.05) is 11.9 Å². The smallest absolute Gasteiger partial charge is 0.255 e. The van der Waals surface area contributed by atoms with Gasteiger partial charge in [0, 0.05) is 35.7 Å². The zero-order valence-corrected chi connectivity index (χ0v) is 19.5. The first-order chi connectivity index (χ1) is 17.2. The van der Waals surface area contributed by atoms with Crippen molar-refractivity contribution in [3.05, 3.63) is 77.7 Å². The summed E-state index contributed by atoms with van der Waals surface area (Å²) in [6.45, 7) is 2.26. The number of aromatic nitrogens is 3. The monoisotopic (exact) mass is 483 g/mol. The quantitative estimate of drug-likeness (QED) is 0.364. The van der Waals surface area contributed by atoms with E-state index in [1.807, 2.05) is 0 Å². The van der Waals surface area contributed by atoms with E-state index in [1.165, 1.54) is 26.2 Å². The van der Waals surface area contributed by atoms with Crippen LogP contribution in [0.1, 0.15) is 35.3 Å². The number of nitriles is 2. The Morgan fingerprint density at radius 1 is 1.14 bits per heavy atom. The van der Waals surface area contributed by atoms with Crippen LogP contribution in [0.3, 0.4) is 0 Å².